The summed E-state index contributed by atoms with van der Waals surface area (Å²) in [6.07, 6.45) is 1.41. The van der Waals surface area contributed by atoms with Crippen LogP contribution in [0.3, 0.4) is 0 Å². The molecule has 0 saturated carbocycles. The zero-order valence-electron chi connectivity index (χ0n) is 11.3. The second-order valence-electron chi connectivity index (χ2n) is 4.76. The standard InChI is InChI=1S/C16H13ClN2O2/c1-18-15-8-7-12(17)9-13(15)14(10-19(21)16(18)20)11-5-3-2-4-6-11/h2-10,21H,1H3. The van der Waals surface area contributed by atoms with Crippen molar-refractivity contribution in [3.8, 4) is 0 Å². The van der Waals surface area contributed by atoms with Gasteiger partial charge in [-0.05, 0) is 23.8 Å². The van der Waals surface area contributed by atoms with Gasteiger partial charge in [-0.3, -0.25) is 10.1 Å². The fourth-order valence-corrected chi connectivity index (χ4v) is 2.54. The number of benzene rings is 2. The van der Waals surface area contributed by atoms with Gasteiger partial charge in [0, 0.05) is 29.4 Å². The van der Waals surface area contributed by atoms with E-state index in [0.717, 1.165) is 16.7 Å². The van der Waals surface area contributed by atoms with E-state index in [1.807, 2.05) is 30.3 Å². The Balaban J connectivity index is 2.27. The van der Waals surface area contributed by atoms with Crippen LogP contribution in [0, 0.1) is 0 Å². The quantitative estimate of drug-likeness (QED) is 0.809. The van der Waals surface area contributed by atoms with E-state index in [2.05, 4.69) is 0 Å². The summed E-state index contributed by atoms with van der Waals surface area (Å²) in [5.74, 6) is 0. The lowest BCUT2D eigenvalue weighted by Crippen LogP contribution is -2.35. The molecule has 0 fully saturated rings. The number of hydrogen-bond acceptors (Lipinski definition) is 2. The molecule has 1 heterocycles. The van der Waals surface area contributed by atoms with Crippen LogP contribution in [0.25, 0.3) is 5.57 Å². The molecule has 0 aliphatic carbocycles. The van der Waals surface area contributed by atoms with E-state index >= 15 is 0 Å². The summed E-state index contributed by atoms with van der Waals surface area (Å²) >= 11 is 6.10. The molecule has 1 aliphatic rings. The maximum absolute atomic E-state index is 12.1. The molecule has 0 spiro atoms. The van der Waals surface area contributed by atoms with Gasteiger partial charge in [0.1, 0.15) is 0 Å². The highest BCUT2D eigenvalue weighted by atomic mass is 35.5. The molecule has 21 heavy (non-hydrogen) atoms. The van der Waals surface area contributed by atoms with E-state index in [9.17, 15) is 10.0 Å². The number of carbonyl (C=O) groups is 1. The minimum atomic E-state index is -0.524. The van der Waals surface area contributed by atoms with Crippen molar-refractivity contribution in [2.45, 2.75) is 0 Å². The fraction of sp³-hybridized carbons (Fsp3) is 0.0625. The predicted molar refractivity (Wildman–Crippen MR) is 82.4 cm³/mol. The summed E-state index contributed by atoms with van der Waals surface area (Å²) < 4.78 is 0. The molecule has 1 N–H and O–H groups in total. The summed E-state index contributed by atoms with van der Waals surface area (Å²) in [5, 5.41) is 11.1. The second kappa shape index (κ2) is 5.24. The first-order valence-corrected chi connectivity index (χ1v) is 6.78. The highest BCUT2D eigenvalue weighted by Crippen LogP contribution is 2.36. The molecule has 0 radical (unpaired) electrons. The average molecular weight is 301 g/mol. The van der Waals surface area contributed by atoms with Crippen LogP contribution in [0.15, 0.2) is 54.7 Å². The van der Waals surface area contributed by atoms with Crippen molar-refractivity contribution in [1.29, 1.82) is 0 Å². The minimum absolute atomic E-state index is 0.524. The number of amides is 2. The number of hydrogen-bond donors (Lipinski definition) is 1. The molecule has 3 rings (SSSR count). The highest BCUT2D eigenvalue weighted by Gasteiger charge is 2.25. The van der Waals surface area contributed by atoms with Gasteiger partial charge in [-0.2, -0.15) is 5.06 Å². The third-order valence-electron chi connectivity index (χ3n) is 3.43. The van der Waals surface area contributed by atoms with Crippen LogP contribution in [-0.2, 0) is 0 Å². The van der Waals surface area contributed by atoms with Crippen LogP contribution in [0.4, 0.5) is 10.5 Å². The molecule has 0 saturated heterocycles. The Kier molecular flexibility index (Phi) is 3.41. The van der Waals surface area contributed by atoms with Gasteiger partial charge < -0.3 is 0 Å². The van der Waals surface area contributed by atoms with Crippen LogP contribution in [0.1, 0.15) is 11.1 Å². The molecule has 2 amide bonds. The van der Waals surface area contributed by atoms with E-state index in [1.54, 1.807) is 25.2 Å². The van der Waals surface area contributed by atoms with E-state index in [1.165, 1.54) is 11.1 Å². The third kappa shape index (κ3) is 2.39. The predicted octanol–water partition coefficient (Wildman–Crippen LogP) is 3.99. The van der Waals surface area contributed by atoms with Crippen molar-refractivity contribution >= 4 is 28.9 Å². The molecule has 1 aliphatic heterocycles. The Labute approximate surface area is 127 Å². The number of halogens is 1. The van der Waals surface area contributed by atoms with Crippen molar-refractivity contribution in [2.75, 3.05) is 11.9 Å². The van der Waals surface area contributed by atoms with Crippen LogP contribution in [0.2, 0.25) is 5.02 Å². The van der Waals surface area contributed by atoms with Crippen LogP contribution in [0.5, 0.6) is 0 Å². The highest BCUT2D eigenvalue weighted by molar-refractivity contribution is 6.31. The molecular formula is C16H13ClN2O2. The van der Waals surface area contributed by atoms with Crippen molar-refractivity contribution in [3.05, 3.63) is 70.9 Å². The zero-order valence-corrected chi connectivity index (χ0v) is 12.1. The van der Waals surface area contributed by atoms with Gasteiger partial charge in [-0.1, -0.05) is 41.9 Å². The Morgan fingerprint density at radius 3 is 2.52 bits per heavy atom. The van der Waals surface area contributed by atoms with Crippen molar-refractivity contribution in [3.63, 3.8) is 0 Å². The van der Waals surface area contributed by atoms with Gasteiger partial charge in [0.2, 0.25) is 0 Å². The second-order valence-corrected chi connectivity index (χ2v) is 5.19. The molecule has 2 aromatic carbocycles. The summed E-state index contributed by atoms with van der Waals surface area (Å²) in [7, 11) is 1.61. The largest absolute Gasteiger partial charge is 0.352 e. The van der Waals surface area contributed by atoms with Crippen LogP contribution in [-0.4, -0.2) is 23.3 Å². The smallest absolute Gasteiger partial charge is 0.295 e. The minimum Gasteiger partial charge on any atom is -0.295 e. The van der Waals surface area contributed by atoms with Crippen molar-refractivity contribution < 1.29 is 10.0 Å². The van der Waals surface area contributed by atoms with E-state index < -0.39 is 6.03 Å². The molecular weight excluding hydrogens is 288 g/mol. The molecule has 0 unspecified atom stereocenters. The maximum Gasteiger partial charge on any atom is 0.352 e. The first kappa shape index (κ1) is 13.7. The topological polar surface area (TPSA) is 43.8 Å². The first-order chi connectivity index (χ1) is 10.1. The number of nitrogens with zero attached hydrogens (tertiary/aromatic N) is 2. The lowest BCUT2D eigenvalue weighted by molar-refractivity contribution is 0.00819. The Bertz CT molecular complexity index is 728. The third-order valence-corrected chi connectivity index (χ3v) is 3.66. The van der Waals surface area contributed by atoms with Gasteiger partial charge in [0.15, 0.2) is 0 Å². The molecule has 106 valence electrons. The van der Waals surface area contributed by atoms with Crippen LogP contribution < -0.4 is 4.90 Å². The zero-order chi connectivity index (χ0) is 15.0. The molecule has 5 heteroatoms. The molecule has 2 aromatic rings. The normalized spacial score (nSPS) is 14.6. The van der Waals surface area contributed by atoms with E-state index in [-0.39, 0.29) is 0 Å². The molecule has 0 bridgehead atoms. The van der Waals surface area contributed by atoms with Gasteiger partial charge >= 0.3 is 6.03 Å². The Morgan fingerprint density at radius 1 is 1.10 bits per heavy atom. The van der Waals surface area contributed by atoms with E-state index in [4.69, 9.17) is 11.6 Å². The summed E-state index contributed by atoms with van der Waals surface area (Å²) in [6, 6.07) is 14.3. The van der Waals surface area contributed by atoms with E-state index in [0.29, 0.717) is 15.8 Å². The molecule has 0 aromatic heterocycles. The van der Waals surface area contributed by atoms with Gasteiger partial charge in [0.05, 0.1) is 5.69 Å². The molecule has 0 atom stereocenters. The fourth-order valence-electron chi connectivity index (χ4n) is 2.37. The Morgan fingerprint density at radius 2 is 1.81 bits per heavy atom. The summed E-state index contributed by atoms with van der Waals surface area (Å²) in [6.45, 7) is 0. The SMILES string of the molecule is CN1C(=O)N(O)C=C(c2ccccc2)c2cc(Cl)ccc21. The number of hydroxylamine groups is 2. The van der Waals surface area contributed by atoms with Crippen molar-refractivity contribution in [1.82, 2.24) is 5.06 Å². The number of fused-ring (bicyclic) bond motifs is 1. The first-order valence-electron chi connectivity index (χ1n) is 6.41. The average Bonchev–Trinajstić information content (AvgIpc) is 2.59. The lowest BCUT2D eigenvalue weighted by Gasteiger charge is -2.20. The lowest BCUT2D eigenvalue weighted by atomic mass is 9.97. The number of anilines is 1. The number of urea groups is 1. The van der Waals surface area contributed by atoms with Crippen molar-refractivity contribution in [2.24, 2.45) is 0 Å². The molecule has 4 nitrogen and oxygen atoms in total. The van der Waals surface area contributed by atoms with Crippen LogP contribution >= 0.6 is 11.6 Å². The number of carbonyl (C=O) groups excluding carboxylic acids is 1. The monoisotopic (exact) mass is 300 g/mol. The maximum atomic E-state index is 12.1. The number of rotatable bonds is 1. The van der Waals surface area contributed by atoms with Gasteiger partial charge in [-0.15, -0.1) is 0 Å². The Hall–Kier alpha value is -2.30. The van der Waals surface area contributed by atoms with Gasteiger partial charge in [-0.25, -0.2) is 4.79 Å². The van der Waals surface area contributed by atoms with Gasteiger partial charge in [0.25, 0.3) is 0 Å². The summed E-state index contributed by atoms with van der Waals surface area (Å²) in [4.78, 5) is 13.5. The summed E-state index contributed by atoms with van der Waals surface area (Å²) in [5.41, 5.74) is 3.11.